The van der Waals surface area contributed by atoms with Crippen molar-refractivity contribution >= 4 is 15.9 Å². The quantitative estimate of drug-likeness (QED) is 0.819. The molecule has 0 saturated heterocycles. The van der Waals surface area contributed by atoms with Crippen LogP contribution in [0.4, 0.5) is 0 Å². The maximum Gasteiger partial charge on any atom is 0.141 e. The Kier molecular flexibility index (Phi) is 3.46. The summed E-state index contributed by atoms with van der Waals surface area (Å²) in [7, 11) is 0. The molecule has 0 spiro atoms. The van der Waals surface area contributed by atoms with Gasteiger partial charge in [-0.25, -0.2) is 0 Å². The van der Waals surface area contributed by atoms with E-state index >= 15 is 0 Å². The molecule has 0 aliphatic heterocycles. The highest BCUT2D eigenvalue weighted by Gasteiger charge is 2.03. The van der Waals surface area contributed by atoms with E-state index in [2.05, 4.69) is 22.0 Å². The van der Waals surface area contributed by atoms with Crippen LogP contribution in [0.25, 0.3) is 0 Å². The van der Waals surface area contributed by atoms with Crippen LogP contribution in [0.5, 0.6) is 11.5 Å². The Hall–Kier alpha value is -1.79. The highest BCUT2D eigenvalue weighted by atomic mass is 79.9. The number of nitriles is 1. The maximum atomic E-state index is 8.84. The summed E-state index contributed by atoms with van der Waals surface area (Å²) in [5.41, 5.74) is 1.58. The van der Waals surface area contributed by atoms with E-state index in [9.17, 15) is 0 Å². The Morgan fingerprint density at radius 2 is 1.94 bits per heavy atom. The van der Waals surface area contributed by atoms with Crippen LogP contribution in [0.1, 0.15) is 11.1 Å². The van der Waals surface area contributed by atoms with Gasteiger partial charge in [0, 0.05) is 0 Å². The van der Waals surface area contributed by atoms with E-state index in [1.807, 2.05) is 37.3 Å². The molecule has 84 valence electrons. The van der Waals surface area contributed by atoms with E-state index in [0.717, 1.165) is 21.5 Å². The number of benzene rings is 2. The van der Waals surface area contributed by atoms with Crippen LogP contribution in [0.3, 0.4) is 0 Å². The minimum absolute atomic E-state index is 0.671. The van der Waals surface area contributed by atoms with Crippen molar-refractivity contribution in [2.24, 2.45) is 0 Å². The summed E-state index contributed by atoms with van der Waals surface area (Å²) in [4.78, 5) is 0. The molecule has 3 heteroatoms. The standard InChI is InChI=1S/C14H10BrNO/c1-10-8-12(7-6-11(10)9-16)17-14-5-3-2-4-13(14)15/h2-8H,1H3. The molecule has 0 heterocycles. The highest BCUT2D eigenvalue weighted by Crippen LogP contribution is 2.29. The fourth-order valence-corrected chi connectivity index (χ4v) is 1.85. The first-order valence-corrected chi connectivity index (χ1v) is 5.93. The lowest BCUT2D eigenvalue weighted by Crippen LogP contribution is -1.88. The minimum atomic E-state index is 0.671. The van der Waals surface area contributed by atoms with E-state index in [-0.39, 0.29) is 0 Å². The monoisotopic (exact) mass is 287 g/mol. The van der Waals surface area contributed by atoms with Gasteiger partial charge in [0.05, 0.1) is 16.1 Å². The Morgan fingerprint density at radius 3 is 2.59 bits per heavy atom. The van der Waals surface area contributed by atoms with Crippen LogP contribution >= 0.6 is 15.9 Å². The summed E-state index contributed by atoms with van der Waals surface area (Å²) in [6.45, 7) is 1.89. The van der Waals surface area contributed by atoms with Gasteiger partial charge in [-0.1, -0.05) is 12.1 Å². The van der Waals surface area contributed by atoms with Gasteiger partial charge >= 0.3 is 0 Å². The Labute approximate surface area is 109 Å². The van der Waals surface area contributed by atoms with Gasteiger partial charge in [-0.3, -0.25) is 0 Å². The van der Waals surface area contributed by atoms with Gasteiger partial charge in [-0.2, -0.15) is 5.26 Å². The molecule has 0 aromatic heterocycles. The average Bonchev–Trinajstić information content (AvgIpc) is 2.32. The summed E-state index contributed by atoms with van der Waals surface area (Å²) in [5.74, 6) is 1.49. The van der Waals surface area contributed by atoms with Crippen LogP contribution in [0.2, 0.25) is 0 Å². The molecule has 0 aliphatic rings. The third-order valence-corrected chi connectivity index (χ3v) is 3.04. The zero-order valence-electron chi connectivity index (χ0n) is 9.27. The fourth-order valence-electron chi connectivity index (χ4n) is 1.48. The van der Waals surface area contributed by atoms with Crippen molar-refractivity contribution < 1.29 is 4.74 Å². The van der Waals surface area contributed by atoms with Crippen molar-refractivity contribution in [1.82, 2.24) is 0 Å². The van der Waals surface area contributed by atoms with Crippen molar-refractivity contribution in [3.63, 3.8) is 0 Å². The van der Waals surface area contributed by atoms with E-state index in [4.69, 9.17) is 10.00 Å². The van der Waals surface area contributed by atoms with Crippen molar-refractivity contribution in [2.45, 2.75) is 6.92 Å². The topological polar surface area (TPSA) is 33.0 Å². The van der Waals surface area contributed by atoms with Gasteiger partial charge in [0.2, 0.25) is 0 Å². The molecule has 0 fully saturated rings. The lowest BCUT2D eigenvalue weighted by atomic mass is 10.1. The van der Waals surface area contributed by atoms with Gasteiger partial charge in [-0.15, -0.1) is 0 Å². The first-order chi connectivity index (χ1) is 8.20. The lowest BCUT2D eigenvalue weighted by molar-refractivity contribution is 0.479. The molecule has 0 amide bonds. The van der Waals surface area contributed by atoms with Gasteiger partial charge in [0.25, 0.3) is 0 Å². The van der Waals surface area contributed by atoms with Gasteiger partial charge in [0.15, 0.2) is 0 Å². The SMILES string of the molecule is Cc1cc(Oc2ccccc2Br)ccc1C#N. The zero-order chi connectivity index (χ0) is 12.3. The molecule has 2 rings (SSSR count). The first kappa shape index (κ1) is 11.7. The summed E-state index contributed by atoms with van der Waals surface area (Å²) in [5, 5.41) is 8.84. The third kappa shape index (κ3) is 2.66. The number of aryl methyl sites for hydroxylation is 1. The number of ether oxygens (including phenoxy) is 1. The molecule has 2 aromatic carbocycles. The smallest absolute Gasteiger partial charge is 0.141 e. The van der Waals surface area contributed by atoms with Crippen LogP contribution < -0.4 is 4.74 Å². The molecular weight excluding hydrogens is 278 g/mol. The molecule has 0 unspecified atom stereocenters. The second-order valence-corrected chi connectivity index (χ2v) is 4.48. The van der Waals surface area contributed by atoms with Crippen LogP contribution in [-0.4, -0.2) is 0 Å². The van der Waals surface area contributed by atoms with Gasteiger partial charge in [0.1, 0.15) is 11.5 Å². The molecule has 0 atom stereocenters. The number of rotatable bonds is 2. The minimum Gasteiger partial charge on any atom is -0.456 e. The molecule has 0 N–H and O–H groups in total. The normalized spacial score (nSPS) is 9.71. The highest BCUT2D eigenvalue weighted by molar-refractivity contribution is 9.10. The van der Waals surface area contributed by atoms with Gasteiger partial charge < -0.3 is 4.74 Å². The summed E-state index contributed by atoms with van der Waals surface area (Å²) >= 11 is 3.42. The zero-order valence-corrected chi connectivity index (χ0v) is 10.9. The summed E-state index contributed by atoms with van der Waals surface area (Å²) in [6.07, 6.45) is 0. The van der Waals surface area contributed by atoms with Crippen molar-refractivity contribution in [1.29, 1.82) is 5.26 Å². The number of halogens is 1. The molecule has 0 aliphatic carbocycles. The second-order valence-electron chi connectivity index (χ2n) is 3.62. The Balaban J connectivity index is 2.29. The van der Waals surface area contributed by atoms with E-state index in [1.165, 1.54) is 0 Å². The Bertz CT molecular complexity index is 587. The van der Waals surface area contributed by atoms with E-state index in [0.29, 0.717) is 5.56 Å². The number of hydrogen-bond acceptors (Lipinski definition) is 2. The molecule has 0 saturated carbocycles. The number of hydrogen-bond donors (Lipinski definition) is 0. The predicted octanol–water partition coefficient (Wildman–Crippen LogP) is 4.42. The molecule has 2 aromatic rings. The average molecular weight is 288 g/mol. The second kappa shape index (κ2) is 5.03. The van der Waals surface area contributed by atoms with Crippen molar-refractivity contribution in [3.8, 4) is 17.6 Å². The van der Waals surface area contributed by atoms with Crippen molar-refractivity contribution in [2.75, 3.05) is 0 Å². The number of para-hydroxylation sites is 1. The fraction of sp³-hybridized carbons (Fsp3) is 0.0714. The Morgan fingerprint density at radius 1 is 1.18 bits per heavy atom. The molecule has 2 nitrogen and oxygen atoms in total. The van der Waals surface area contributed by atoms with Crippen LogP contribution in [0, 0.1) is 18.3 Å². The van der Waals surface area contributed by atoms with Crippen molar-refractivity contribution in [3.05, 3.63) is 58.1 Å². The van der Waals surface area contributed by atoms with Crippen LogP contribution in [0.15, 0.2) is 46.9 Å². The lowest BCUT2D eigenvalue weighted by Gasteiger charge is -2.08. The molecular formula is C14H10BrNO. The predicted molar refractivity (Wildman–Crippen MR) is 70.1 cm³/mol. The summed E-state index contributed by atoms with van der Waals surface area (Å²) in [6, 6.07) is 15.2. The number of nitrogens with zero attached hydrogens (tertiary/aromatic N) is 1. The molecule has 0 radical (unpaired) electrons. The maximum absolute atomic E-state index is 8.84. The largest absolute Gasteiger partial charge is 0.456 e. The third-order valence-electron chi connectivity index (χ3n) is 2.38. The summed E-state index contributed by atoms with van der Waals surface area (Å²) < 4.78 is 6.64. The molecule has 17 heavy (non-hydrogen) atoms. The van der Waals surface area contributed by atoms with Gasteiger partial charge in [-0.05, 0) is 58.7 Å². The first-order valence-electron chi connectivity index (χ1n) is 5.14. The molecule has 0 bridgehead atoms. The van der Waals surface area contributed by atoms with E-state index < -0.39 is 0 Å². The van der Waals surface area contributed by atoms with Crippen LogP contribution in [-0.2, 0) is 0 Å². The van der Waals surface area contributed by atoms with E-state index in [1.54, 1.807) is 12.1 Å².